The van der Waals surface area contributed by atoms with Crippen LogP contribution in [-0.4, -0.2) is 61.8 Å². The number of nitrogens with one attached hydrogen (secondary N) is 1. The molecule has 1 fully saturated rings. The van der Waals surface area contributed by atoms with Crippen LogP contribution in [-0.2, 0) is 14.3 Å². The number of rotatable bonds is 6. The third kappa shape index (κ3) is 3.85. The minimum Gasteiger partial charge on any atom is -0.481 e. The van der Waals surface area contributed by atoms with Gasteiger partial charge in [-0.1, -0.05) is 0 Å². The van der Waals surface area contributed by atoms with Crippen molar-refractivity contribution in [1.29, 1.82) is 0 Å². The number of nitrogens with zero attached hydrogens (tertiary/aromatic N) is 1. The predicted molar refractivity (Wildman–Crippen MR) is 52.5 cm³/mol. The predicted octanol–water partition coefficient (Wildman–Crippen LogP) is -1.23. The number of carboxylic acids is 1. The molecule has 0 spiro atoms. The van der Waals surface area contributed by atoms with Gasteiger partial charge in [-0.15, -0.1) is 0 Å². The minimum atomic E-state index is -0.786. The monoisotopic (exact) mass is 216 g/mol. The number of amides is 1. The van der Waals surface area contributed by atoms with Gasteiger partial charge in [-0.25, -0.2) is 0 Å². The maximum absolute atomic E-state index is 11.2. The Labute approximate surface area is 88.2 Å². The minimum absolute atomic E-state index is 0.0871. The third-order valence-electron chi connectivity index (χ3n) is 2.30. The highest BCUT2D eigenvalue weighted by molar-refractivity contribution is 5.78. The molecule has 15 heavy (non-hydrogen) atoms. The molecule has 0 aromatic heterocycles. The topological polar surface area (TPSA) is 78.9 Å². The maximum atomic E-state index is 11.2. The molecule has 0 atom stereocenters. The van der Waals surface area contributed by atoms with Crippen molar-refractivity contribution in [2.75, 3.05) is 39.9 Å². The summed E-state index contributed by atoms with van der Waals surface area (Å²) in [7, 11) is 1.57. The first kappa shape index (κ1) is 11.9. The van der Waals surface area contributed by atoms with Crippen LogP contribution in [0.3, 0.4) is 0 Å². The Balaban J connectivity index is 2.06. The van der Waals surface area contributed by atoms with Crippen LogP contribution in [0.1, 0.15) is 0 Å². The zero-order valence-corrected chi connectivity index (χ0v) is 8.73. The van der Waals surface area contributed by atoms with Gasteiger partial charge in [0.2, 0.25) is 5.91 Å². The molecule has 1 amide bonds. The zero-order chi connectivity index (χ0) is 11.3. The summed E-state index contributed by atoms with van der Waals surface area (Å²) in [5, 5.41) is 11.3. The lowest BCUT2D eigenvalue weighted by atomic mass is 10.0. The quantitative estimate of drug-likeness (QED) is 0.543. The van der Waals surface area contributed by atoms with Gasteiger partial charge in [0.05, 0.1) is 19.1 Å². The number of aliphatic carboxylic acids is 1. The number of likely N-dealkylation sites (tertiary alicyclic amines) is 1. The summed E-state index contributed by atoms with van der Waals surface area (Å²) in [6.45, 7) is 2.18. The maximum Gasteiger partial charge on any atom is 0.309 e. The van der Waals surface area contributed by atoms with Gasteiger partial charge in [0.25, 0.3) is 0 Å². The van der Waals surface area contributed by atoms with Crippen molar-refractivity contribution < 1.29 is 19.4 Å². The van der Waals surface area contributed by atoms with E-state index >= 15 is 0 Å². The lowest BCUT2D eigenvalue weighted by molar-refractivity contribution is -0.148. The van der Waals surface area contributed by atoms with E-state index in [0.717, 1.165) is 0 Å². The molecule has 86 valence electrons. The highest BCUT2D eigenvalue weighted by Crippen LogP contribution is 2.14. The Morgan fingerprint density at radius 1 is 1.53 bits per heavy atom. The molecule has 6 nitrogen and oxygen atoms in total. The van der Waals surface area contributed by atoms with Gasteiger partial charge in [0.15, 0.2) is 0 Å². The Morgan fingerprint density at radius 3 is 2.73 bits per heavy atom. The fourth-order valence-electron chi connectivity index (χ4n) is 1.41. The number of hydrogen-bond acceptors (Lipinski definition) is 4. The summed E-state index contributed by atoms with van der Waals surface area (Å²) in [6, 6.07) is 0. The van der Waals surface area contributed by atoms with Crippen LogP contribution in [0.5, 0.6) is 0 Å². The van der Waals surface area contributed by atoms with Gasteiger partial charge in [-0.05, 0) is 0 Å². The largest absolute Gasteiger partial charge is 0.481 e. The molecule has 0 aromatic rings. The number of carbonyl (C=O) groups excluding carboxylic acids is 1. The molecule has 1 saturated heterocycles. The smallest absolute Gasteiger partial charge is 0.309 e. The first-order chi connectivity index (χ1) is 7.13. The van der Waals surface area contributed by atoms with Crippen molar-refractivity contribution in [1.82, 2.24) is 10.2 Å². The highest BCUT2D eigenvalue weighted by atomic mass is 16.5. The summed E-state index contributed by atoms with van der Waals surface area (Å²) >= 11 is 0. The second-order valence-electron chi connectivity index (χ2n) is 3.57. The van der Waals surface area contributed by atoms with E-state index in [-0.39, 0.29) is 18.4 Å². The molecule has 0 aromatic carbocycles. The SMILES string of the molecule is COCCNC(=O)CN1CC(C(=O)O)C1. The molecule has 0 radical (unpaired) electrons. The second kappa shape index (κ2) is 5.67. The van der Waals surface area contributed by atoms with Crippen LogP contribution < -0.4 is 5.32 Å². The average molecular weight is 216 g/mol. The molecular formula is C9H16N2O4. The summed E-state index contributed by atoms with van der Waals surface area (Å²) < 4.78 is 4.78. The Kier molecular flexibility index (Phi) is 4.51. The zero-order valence-electron chi connectivity index (χ0n) is 8.73. The highest BCUT2D eigenvalue weighted by Gasteiger charge is 2.33. The molecule has 1 rings (SSSR count). The number of carbonyl (C=O) groups is 2. The summed E-state index contributed by atoms with van der Waals surface area (Å²) in [5.41, 5.74) is 0. The van der Waals surface area contributed by atoms with Crippen molar-refractivity contribution in [3.8, 4) is 0 Å². The van der Waals surface area contributed by atoms with Crippen LogP contribution in [0, 0.1) is 5.92 Å². The standard InChI is InChI=1S/C9H16N2O4/c1-15-3-2-10-8(12)6-11-4-7(5-11)9(13)14/h7H,2-6H2,1H3,(H,10,12)(H,13,14). The third-order valence-corrected chi connectivity index (χ3v) is 2.30. The molecule has 2 N–H and O–H groups in total. The molecule has 0 unspecified atom stereocenters. The number of ether oxygens (including phenoxy) is 1. The van der Waals surface area contributed by atoms with E-state index in [4.69, 9.17) is 9.84 Å². The van der Waals surface area contributed by atoms with E-state index < -0.39 is 5.97 Å². The van der Waals surface area contributed by atoms with E-state index in [1.54, 1.807) is 12.0 Å². The van der Waals surface area contributed by atoms with Gasteiger partial charge in [0, 0.05) is 26.7 Å². The Morgan fingerprint density at radius 2 is 2.20 bits per heavy atom. The lowest BCUT2D eigenvalue weighted by Gasteiger charge is -2.35. The first-order valence-corrected chi connectivity index (χ1v) is 4.84. The van der Waals surface area contributed by atoms with Crippen molar-refractivity contribution in [3.63, 3.8) is 0 Å². The van der Waals surface area contributed by atoms with Crippen LogP contribution in [0.4, 0.5) is 0 Å². The van der Waals surface area contributed by atoms with E-state index in [0.29, 0.717) is 26.2 Å². The van der Waals surface area contributed by atoms with Crippen molar-refractivity contribution in [2.45, 2.75) is 0 Å². The van der Waals surface area contributed by atoms with Crippen LogP contribution >= 0.6 is 0 Å². The molecule has 1 aliphatic heterocycles. The molecule has 0 saturated carbocycles. The lowest BCUT2D eigenvalue weighted by Crippen LogP contribution is -2.53. The number of methoxy groups -OCH3 is 1. The van der Waals surface area contributed by atoms with Gasteiger partial charge in [-0.2, -0.15) is 0 Å². The van der Waals surface area contributed by atoms with E-state index in [9.17, 15) is 9.59 Å². The van der Waals surface area contributed by atoms with Crippen LogP contribution in [0.25, 0.3) is 0 Å². The van der Waals surface area contributed by atoms with Crippen molar-refractivity contribution >= 4 is 11.9 Å². The number of carboxylic acid groups (broad SMARTS) is 1. The molecule has 6 heteroatoms. The van der Waals surface area contributed by atoms with E-state index in [1.165, 1.54) is 0 Å². The van der Waals surface area contributed by atoms with Gasteiger partial charge in [0.1, 0.15) is 0 Å². The molecule has 1 heterocycles. The van der Waals surface area contributed by atoms with E-state index in [2.05, 4.69) is 5.32 Å². The first-order valence-electron chi connectivity index (χ1n) is 4.84. The Bertz CT molecular complexity index is 238. The van der Waals surface area contributed by atoms with Crippen LogP contribution in [0.2, 0.25) is 0 Å². The summed E-state index contributed by atoms with van der Waals surface area (Å²) in [6.07, 6.45) is 0. The Hall–Kier alpha value is -1.14. The molecule has 0 aliphatic carbocycles. The second-order valence-corrected chi connectivity index (χ2v) is 3.57. The average Bonchev–Trinajstić information content (AvgIpc) is 2.10. The van der Waals surface area contributed by atoms with E-state index in [1.807, 2.05) is 0 Å². The van der Waals surface area contributed by atoms with Crippen LogP contribution in [0.15, 0.2) is 0 Å². The van der Waals surface area contributed by atoms with Gasteiger partial charge < -0.3 is 15.2 Å². The fourth-order valence-corrected chi connectivity index (χ4v) is 1.41. The van der Waals surface area contributed by atoms with Crippen molar-refractivity contribution in [2.24, 2.45) is 5.92 Å². The fraction of sp³-hybridized carbons (Fsp3) is 0.778. The molecular weight excluding hydrogens is 200 g/mol. The van der Waals surface area contributed by atoms with Gasteiger partial charge in [-0.3, -0.25) is 14.5 Å². The van der Waals surface area contributed by atoms with Gasteiger partial charge >= 0.3 is 5.97 Å². The van der Waals surface area contributed by atoms with Crippen molar-refractivity contribution in [3.05, 3.63) is 0 Å². The number of hydrogen-bond donors (Lipinski definition) is 2. The normalized spacial score (nSPS) is 17.1. The summed E-state index contributed by atoms with van der Waals surface area (Å²) in [4.78, 5) is 23.5. The molecule has 1 aliphatic rings. The summed E-state index contributed by atoms with van der Waals surface area (Å²) in [5.74, 6) is -1.18. The molecule has 0 bridgehead atoms.